The van der Waals surface area contributed by atoms with Crippen molar-refractivity contribution in [1.29, 1.82) is 0 Å². The molecule has 0 saturated heterocycles. The molecule has 0 radical (unpaired) electrons. The molecule has 0 fully saturated rings. The van der Waals surface area contributed by atoms with Crippen molar-refractivity contribution in [3.05, 3.63) is 39.9 Å². The van der Waals surface area contributed by atoms with Crippen LogP contribution in [0.25, 0.3) is 0 Å². The number of ketones is 1. The summed E-state index contributed by atoms with van der Waals surface area (Å²) >= 11 is 0. The predicted octanol–water partition coefficient (Wildman–Crippen LogP) is 2.82. The van der Waals surface area contributed by atoms with Crippen molar-refractivity contribution in [2.75, 3.05) is 14.1 Å². The van der Waals surface area contributed by atoms with E-state index in [1.54, 1.807) is 31.1 Å². The molecule has 1 unspecified atom stereocenters. The standard InChI is InChI=1S/C11H14N2O3.C4H6/c1-8(14)11(12(2)3)9-4-6-10(7-5-9)13(15)16;1-3-4-2/h4-7,11H,1-3H3;1H,4H2,2H3. The van der Waals surface area contributed by atoms with Crippen molar-refractivity contribution in [3.63, 3.8) is 0 Å². The van der Waals surface area contributed by atoms with Crippen molar-refractivity contribution in [3.8, 4) is 12.3 Å². The number of rotatable bonds is 4. The number of hydrogen-bond acceptors (Lipinski definition) is 4. The first kappa shape index (κ1) is 17.8. The van der Waals surface area contributed by atoms with Crippen molar-refractivity contribution < 1.29 is 9.72 Å². The van der Waals surface area contributed by atoms with E-state index in [4.69, 9.17) is 6.42 Å². The highest BCUT2D eigenvalue weighted by atomic mass is 16.6. The molecule has 5 nitrogen and oxygen atoms in total. The fourth-order valence-corrected chi connectivity index (χ4v) is 1.67. The minimum absolute atomic E-state index is 0.0128. The molecule has 0 saturated carbocycles. The maximum absolute atomic E-state index is 11.4. The lowest BCUT2D eigenvalue weighted by Gasteiger charge is -2.21. The van der Waals surface area contributed by atoms with E-state index >= 15 is 0 Å². The number of nitro benzene ring substituents is 1. The summed E-state index contributed by atoms with van der Waals surface area (Å²) < 4.78 is 0. The quantitative estimate of drug-likeness (QED) is 0.482. The van der Waals surface area contributed by atoms with Gasteiger partial charge in [-0.05, 0) is 26.6 Å². The zero-order valence-corrected chi connectivity index (χ0v) is 12.3. The molecule has 0 aliphatic heterocycles. The van der Waals surface area contributed by atoms with Crippen LogP contribution < -0.4 is 0 Å². The van der Waals surface area contributed by atoms with E-state index in [-0.39, 0.29) is 17.5 Å². The maximum Gasteiger partial charge on any atom is 0.269 e. The molecular formula is C15H20N2O3. The number of non-ortho nitro benzene ring substituents is 1. The van der Waals surface area contributed by atoms with Crippen LogP contribution in [-0.2, 0) is 4.79 Å². The summed E-state index contributed by atoms with van der Waals surface area (Å²) in [6, 6.07) is 5.71. The van der Waals surface area contributed by atoms with Gasteiger partial charge in [-0.15, -0.1) is 12.3 Å². The van der Waals surface area contributed by atoms with E-state index in [1.807, 2.05) is 6.92 Å². The Morgan fingerprint density at radius 1 is 1.40 bits per heavy atom. The van der Waals surface area contributed by atoms with Gasteiger partial charge in [-0.2, -0.15) is 0 Å². The number of likely N-dealkylation sites (N-methyl/N-ethyl adjacent to an activating group) is 1. The number of Topliss-reactive ketones (excluding diaryl/α,β-unsaturated/α-hetero) is 1. The first-order valence-electron chi connectivity index (χ1n) is 6.19. The van der Waals surface area contributed by atoms with Crippen molar-refractivity contribution in [2.24, 2.45) is 0 Å². The minimum atomic E-state index is -0.456. The third-order valence-corrected chi connectivity index (χ3v) is 2.53. The second kappa shape index (κ2) is 8.83. The number of nitro groups is 1. The Hall–Kier alpha value is -2.19. The predicted molar refractivity (Wildman–Crippen MR) is 79.3 cm³/mol. The average Bonchev–Trinajstić information content (AvgIpc) is 2.39. The van der Waals surface area contributed by atoms with Gasteiger partial charge in [-0.3, -0.25) is 19.8 Å². The Kier molecular flexibility index (Phi) is 7.87. The molecule has 108 valence electrons. The topological polar surface area (TPSA) is 63.4 Å². The molecule has 0 aliphatic rings. The van der Waals surface area contributed by atoms with Crippen LogP contribution in [0.15, 0.2) is 24.3 Å². The first-order valence-corrected chi connectivity index (χ1v) is 6.19. The molecule has 0 amide bonds. The molecule has 20 heavy (non-hydrogen) atoms. The van der Waals surface area contributed by atoms with Crippen LogP contribution in [0.2, 0.25) is 0 Å². The van der Waals surface area contributed by atoms with Gasteiger partial charge >= 0.3 is 0 Å². The van der Waals surface area contributed by atoms with E-state index in [2.05, 4.69) is 5.92 Å². The van der Waals surface area contributed by atoms with Crippen molar-refractivity contribution in [1.82, 2.24) is 4.90 Å². The van der Waals surface area contributed by atoms with Gasteiger partial charge in [0, 0.05) is 18.6 Å². The molecule has 0 aliphatic carbocycles. The van der Waals surface area contributed by atoms with E-state index in [0.29, 0.717) is 0 Å². The fraction of sp³-hybridized carbons (Fsp3) is 0.400. The zero-order valence-electron chi connectivity index (χ0n) is 12.3. The average molecular weight is 276 g/mol. The Morgan fingerprint density at radius 3 is 2.10 bits per heavy atom. The van der Waals surface area contributed by atoms with E-state index < -0.39 is 4.92 Å². The smallest absolute Gasteiger partial charge is 0.269 e. The molecule has 1 aromatic rings. The molecule has 0 bridgehead atoms. The number of carbonyl (C=O) groups excluding carboxylic acids is 1. The van der Waals surface area contributed by atoms with Crippen LogP contribution in [0.5, 0.6) is 0 Å². The molecule has 0 spiro atoms. The summed E-state index contributed by atoms with van der Waals surface area (Å²) in [5.74, 6) is 2.44. The first-order chi connectivity index (χ1) is 9.34. The van der Waals surface area contributed by atoms with Gasteiger partial charge in [0.25, 0.3) is 5.69 Å². The summed E-state index contributed by atoms with van der Waals surface area (Å²) in [6.07, 6.45) is 5.62. The third-order valence-electron chi connectivity index (χ3n) is 2.53. The number of hydrogen-bond donors (Lipinski definition) is 0. The molecule has 1 aromatic carbocycles. The maximum atomic E-state index is 11.4. The van der Waals surface area contributed by atoms with Gasteiger partial charge in [0.05, 0.1) is 11.0 Å². The normalized spacial score (nSPS) is 11.0. The van der Waals surface area contributed by atoms with Gasteiger partial charge in [0.15, 0.2) is 5.78 Å². The van der Waals surface area contributed by atoms with Gasteiger partial charge < -0.3 is 0 Å². The largest absolute Gasteiger partial charge is 0.298 e. The lowest BCUT2D eigenvalue weighted by Crippen LogP contribution is -2.25. The number of carbonyl (C=O) groups is 1. The number of terminal acetylenes is 1. The molecule has 0 heterocycles. The highest BCUT2D eigenvalue weighted by Gasteiger charge is 2.19. The summed E-state index contributed by atoms with van der Waals surface area (Å²) in [6.45, 7) is 3.45. The Balaban J connectivity index is 0.000000796. The van der Waals surface area contributed by atoms with Gasteiger partial charge in [-0.25, -0.2) is 0 Å². The molecule has 0 N–H and O–H groups in total. The molecule has 1 atom stereocenters. The summed E-state index contributed by atoms with van der Waals surface area (Å²) in [5.41, 5.74) is 0.799. The SMILES string of the molecule is C#CCC.CC(=O)C(c1ccc([N+](=O)[O-])cc1)N(C)C. The zero-order chi connectivity index (χ0) is 15.7. The van der Waals surface area contributed by atoms with Crippen LogP contribution in [0.4, 0.5) is 5.69 Å². The van der Waals surface area contributed by atoms with Gasteiger partial charge in [0.2, 0.25) is 0 Å². The van der Waals surface area contributed by atoms with Crippen LogP contribution >= 0.6 is 0 Å². The highest BCUT2D eigenvalue weighted by Crippen LogP contribution is 2.21. The third kappa shape index (κ3) is 5.63. The van der Waals surface area contributed by atoms with Crippen molar-refractivity contribution in [2.45, 2.75) is 26.3 Å². The molecule has 1 rings (SSSR count). The van der Waals surface area contributed by atoms with Gasteiger partial charge in [0.1, 0.15) is 0 Å². The lowest BCUT2D eigenvalue weighted by molar-refractivity contribution is -0.384. The second-order valence-corrected chi connectivity index (χ2v) is 4.38. The molecular weight excluding hydrogens is 256 g/mol. The van der Waals surface area contributed by atoms with E-state index in [0.717, 1.165) is 12.0 Å². The Morgan fingerprint density at radius 2 is 1.85 bits per heavy atom. The van der Waals surface area contributed by atoms with E-state index in [1.165, 1.54) is 19.1 Å². The van der Waals surface area contributed by atoms with Crippen LogP contribution in [0.3, 0.4) is 0 Å². The summed E-state index contributed by atoms with van der Waals surface area (Å²) in [7, 11) is 3.60. The van der Waals surface area contributed by atoms with Crippen LogP contribution in [0, 0.1) is 22.5 Å². The molecule has 5 heteroatoms. The van der Waals surface area contributed by atoms with Gasteiger partial charge in [-0.1, -0.05) is 19.1 Å². The van der Waals surface area contributed by atoms with Crippen molar-refractivity contribution >= 4 is 11.5 Å². The highest BCUT2D eigenvalue weighted by molar-refractivity contribution is 5.82. The molecule has 0 aromatic heterocycles. The summed E-state index contributed by atoms with van der Waals surface area (Å²) in [4.78, 5) is 23.2. The Bertz CT molecular complexity index is 487. The minimum Gasteiger partial charge on any atom is -0.298 e. The van der Waals surface area contributed by atoms with E-state index in [9.17, 15) is 14.9 Å². The number of nitrogens with zero attached hydrogens (tertiary/aromatic N) is 2. The second-order valence-electron chi connectivity index (χ2n) is 4.38. The van der Waals surface area contributed by atoms with Crippen LogP contribution in [0.1, 0.15) is 31.9 Å². The monoisotopic (exact) mass is 276 g/mol. The number of benzene rings is 1. The van der Waals surface area contributed by atoms with Crippen LogP contribution in [-0.4, -0.2) is 29.7 Å². The summed E-state index contributed by atoms with van der Waals surface area (Å²) in [5, 5.41) is 10.5. The lowest BCUT2D eigenvalue weighted by atomic mass is 10.0. The Labute approximate surface area is 119 Å². The fourth-order valence-electron chi connectivity index (χ4n) is 1.67.